The van der Waals surface area contributed by atoms with E-state index >= 15 is 0 Å². The molecule has 1 aliphatic rings. The molecule has 0 spiro atoms. The van der Waals surface area contributed by atoms with Crippen molar-refractivity contribution >= 4 is 11.3 Å². The lowest BCUT2D eigenvalue weighted by Gasteiger charge is -2.20. The van der Waals surface area contributed by atoms with Crippen LogP contribution in [0.4, 0.5) is 0 Å². The summed E-state index contributed by atoms with van der Waals surface area (Å²) in [5.41, 5.74) is 1.01. The molecule has 1 N–H and O–H groups in total. The van der Waals surface area contributed by atoms with E-state index in [0.717, 1.165) is 11.4 Å². The molecule has 3 nitrogen and oxygen atoms in total. The molecule has 16 heavy (non-hydrogen) atoms. The highest BCUT2D eigenvalue weighted by Crippen LogP contribution is 2.38. The summed E-state index contributed by atoms with van der Waals surface area (Å²) in [4.78, 5) is 6.16. The standard InChI is InChI=1S/C12H20N2OS/c1-12(2,15-4)11-14-9-7-5-6-8(13-3)10(9)16-11/h8,13H,5-7H2,1-4H3. The summed E-state index contributed by atoms with van der Waals surface area (Å²) in [7, 11) is 3.77. The Bertz CT molecular complexity index is 373. The second-order valence-electron chi connectivity index (χ2n) is 4.78. The Labute approximate surface area is 101 Å². The summed E-state index contributed by atoms with van der Waals surface area (Å²) < 4.78 is 5.50. The number of aromatic nitrogens is 1. The second kappa shape index (κ2) is 4.43. The highest BCUT2D eigenvalue weighted by atomic mass is 32.1. The third kappa shape index (κ3) is 2.01. The van der Waals surface area contributed by atoms with Crippen LogP contribution >= 0.6 is 11.3 Å². The first kappa shape index (κ1) is 12.0. The van der Waals surface area contributed by atoms with E-state index in [1.54, 1.807) is 18.4 Å². The van der Waals surface area contributed by atoms with Gasteiger partial charge in [-0.15, -0.1) is 11.3 Å². The third-order valence-electron chi connectivity index (χ3n) is 3.32. The molecule has 0 bridgehead atoms. The fourth-order valence-electron chi connectivity index (χ4n) is 2.04. The monoisotopic (exact) mass is 240 g/mol. The normalized spacial score (nSPS) is 20.9. The summed E-state index contributed by atoms with van der Waals surface area (Å²) in [6.45, 7) is 4.15. The van der Waals surface area contributed by atoms with Crippen molar-refractivity contribution < 1.29 is 4.74 Å². The van der Waals surface area contributed by atoms with E-state index in [1.807, 2.05) is 7.05 Å². The molecule has 0 saturated carbocycles. The summed E-state index contributed by atoms with van der Waals surface area (Å²) >= 11 is 1.80. The van der Waals surface area contributed by atoms with Gasteiger partial charge in [-0.1, -0.05) is 0 Å². The lowest BCUT2D eigenvalue weighted by molar-refractivity contribution is 0.0189. The first-order chi connectivity index (χ1) is 7.58. The van der Waals surface area contributed by atoms with Crippen LogP contribution in [0.1, 0.15) is 48.3 Å². The largest absolute Gasteiger partial charge is 0.372 e. The molecule has 4 heteroatoms. The summed E-state index contributed by atoms with van der Waals surface area (Å²) in [6.07, 6.45) is 3.57. The zero-order chi connectivity index (χ0) is 11.8. The van der Waals surface area contributed by atoms with Crippen LogP contribution in [0, 0.1) is 0 Å². The van der Waals surface area contributed by atoms with Gasteiger partial charge in [0.25, 0.3) is 0 Å². The van der Waals surface area contributed by atoms with Crippen molar-refractivity contribution in [2.24, 2.45) is 0 Å². The van der Waals surface area contributed by atoms with Gasteiger partial charge in [0.15, 0.2) is 0 Å². The number of nitrogens with zero attached hydrogens (tertiary/aromatic N) is 1. The number of nitrogens with one attached hydrogen (secondary N) is 1. The van der Waals surface area contributed by atoms with E-state index < -0.39 is 0 Å². The molecule has 0 aromatic carbocycles. The Kier molecular flexibility index (Phi) is 3.33. The minimum atomic E-state index is -0.264. The molecule has 0 fully saturated rings. The van der Waals surface area contributed by atoms with Crippen molar-refractivity contribution in [2.75, 3.05) is 14.2 Å². The number of aryl methyl sites for hydroxylation is 1. The first-order valence-corrected chi connectivity index (χ1v) is 6.62. The topological polar surface area (TPSA) is 34.2 Å². The molecule has 1 aromatic rings. The average molecular weight is 240 g/mol. The lowest BCUT2D eigenvalue weighted by atomic mass is 9.98. The predicted octanol–water partition coefficient (Wildman–Crippen LogP) is 2.62. The molecule has 0 amide bonds. The fourth-order valence-corrected chi connectivity index (χ4v) is 3.38. The molecule has 0 radical (unpaired) electrons. The summed E-state index contributed by atoms with van der Waals surface area (Å²) in [5, 5.41) is 4.47. The van der Waals surface area contributed by atoms with Gasteiger partial charge in [0.2, 0.25) is 0 Å². The van der Waals surface area contributed by atoms with Crippen molar-refractivity contribution in [3.05, 3.63) is 15.6 Å². The van der Waals surface area contributed by atoms with Crippen LogP contribution < -0.4 is 5.32 Å². The van der Waals surface area contributed by atoms with Crippen LogP contribution in [0.15, 0.2) is 0 Å². The molecule has 90 valence electrons. The van der Waals surface area contributed by atoms with Gasteiger partial charge in [-0.3, -0.25) is 0 Å². The van der Waals surface area contributed by atoms with Crippen LogP contribution in [0.2, 0.25) is 0 Å². The van der Waals surface area contributed by atoms with E-state index in [0.29, 0.717) is 6.04 Å². The highest BCUT2D eigenvalue weighted by Gasteiger charge is 2.29. The van der Waals surface area contributed by atoms with Gasteiger partial charge in [-0.05, 0) is 40.2 Å². The van der Waals surface area contributed by atoms with Gasteiger partial charge in [0.1, 0.15) is 10.6 Å². The molecule has 1 aliphatic carbocycles. The van der Waals surface area contributed by atoms with Crippen molar-refractivity contribution in [2.45, 2.75) is 44.8 Å². The minimum absolute atomic E-state index is 0.264. The Morgan fingerprint density at radius 1 is 1.50 bits per heavy atom. The number of hydrogen-bond acceptors (Lipinski definition) is 4. The number of thiazole rings is 1. The maximum absolute atomic E-state index is 5.50. The Morgan fingerprint density at radius 2 is 2.25 bits per heavy atom. The van der Waals surface area contributed by atoms with E-state index in [1.165, 1.54) is 23.4 Å². The van der Waals surface area contributed by atoms with E-state index in [4.69, 9.17) is 9.72 Å². The highest BCUT2D eigenvalue weighted by molar-refractivity contribution is 7.12. The molecule has 0 saturated heterocycles. The zero-order valence-corrected chi connectivity index (χ0v) is 11.3. The summed E-state index contributed by atoms with van der Waals surface area (Å²) in [6, 6.07) is 0.489. The molecule has 1 aromatic heterocycles. The van der Waals surface area contributed by atoms with Crippen LogP contribution in [0.5, 0.6) is 0 Å². The Hall–Kier alpha value is -0.450. The van der Waals surface area contributed by atoms with E-state index in [2.05, 4.69) is 19.2 Å². The van der Waals surface area contributed by atoms with Crippen molar-refractivity contribution in [3.8, 4) is 0 Å². The third-order valence-corrected chi connectivity index (χ3v) is 4.84. The van der Waals surface area contributed by atoms with E-state index in [-0.39, 0.29) is 5.60 Å². The maximum Gasteiger partial charge on any atom is 0.125 e. The van der Waals surface area contributed by atoms with Gasteiger partial charge in [0.05, 0.1) is 5.69 Å². The molecular formula is C12H20N2OS. The van der Waals surface area contributed by atoms with Crippen LogP contribution in [0.3, 0.4) is 0 Å². The second-order valence-corrected chi connectivity index (χ2v) is 5.81. The smallest absolute Gasteiger partial charge is 0.125 e. The van der Waals surface area contributed by atoms with Crippen LogP contribution in [0.25, 0.3) is 0 Å². The summed E-state index contributed by atoms with van der Waals surface area (Å²) in [5.74, 6) is 0. The predicted molar refractivity (Wildman–Crippen MR) is 66.9 cm³/mol. The Morgan fingerprint density at radius 3 is 2.88 bits per heavy atom. The molecule has 0 aliphatic heterocycles. The number of hydrogen-bond donors (Lipinski definition) is 1. The van der Waals surface area contributed by atoms with Crippen molar-refractivity contribution in [3.63, 3.8) is 0 Å². The number of ether oxygens (including phenoxy) is 1. The maximum atomic E-state index is 5.50. The quantitative estimate of drug-likeness (QED) is 0.882. The SMILES string of the molecule is CNC1CCCc2nc(C(C)(C)OC)sc21. The fraction of sp³-hybridized carbons (Fsp3) is 0.750. The first-order valence-electron chi connectivity index (χ1n) is 5.81. The van der Waals surface area contributed by atoms with Crippen LogP contribution in [-0.2, 0) is 16.8 Å². The minimum Gasteiger partial charge on any atom is -0.372 e. The molecule has 1 atom stereocenters. The van der Waals surface area contributed by atoms with Crippen molar-refractivity contribution in [1.82, 2.24) is 10.3 Å². The molecular weight excluding hydrogens is 220 g/mol. The van der Waals surface area contributed by atoms with Gasteiger partial charge in [-0.2, -0.15) is 0 Å². The molecule has 2 rings (SSSR count). The van der Waals surface area contributed by atoms with Gasteiger partial charge >= 0.3 is 0 Å². The van der Waals surface area contributed by atoms with Gasteiger partial charge in [-0.25, -0.2) is 4.98 Å². The average Bonchev–Trinajstić information content (AvgIpc) is 2.73. The van der Waals surface area contributed by atoms with Crippen molar-refractivity contribution in [1.29, 1.82) is 0 Å². The number of fused-ring (bicyclic) bond motifs is 1. The zero-order valence-electron chi connectivity index (χ0n) is 10.5. The Balaban J connectivity index is 2.36. The number of methoxy groups -OCH3 is 1. The molecule has 1 unspecified atom stereocenters. The number of rotatable bonds is 3. The van der Waals surface area contributed by atoms with Gasteiger partial charge in [0, 0.05) is 18.0 Å². The lowest BCUT2D eigenvalue weighted by Crippen LogP contribution is -2.20. The molecule has 1 heterocycles. The van der Waals surface area contributed by atoms with E-state index in [9.17, 15) is 0 Å². The van der Waals surface area contributed by atoms with Gasteiger partial charge < -0.3 is 10.1 Å². The van der Waals surface area contributed by atoms with Crippen LogP contribution in [-0.4, -0.2) is 19.1 Å².